The maximum atomic E-state index is 13.5. The number of para-hydroxylation sites is 1. The van der Waals surface area contributed by atoms with E-state index in [0.29, 0.717) is 25.1 Å². The van der Waals surface area contributed by atoms with Crippen molar-refractivity contribution in [2.24, 2.45) is 0 Å². The van der Waals surface area contributed by atoms with Crippen molar-refractivity contribution in [3.63, 3.8) is 0 Å². The predicted octanol–water partition coefficient (Wildman–Crippen LogP) is 2.80. The van der Waals surface area contributed by atoms with E-state index >= 15 is 0 Å². The fourth-order valence-electron chi connectivity index (χ4n) is 4.70. The summed E-state index contributed by atoms with van der Waals surface area (Å²) in [6, 6.07) is 19.5. The quantitative estimate of drug-likeness (QED) is 0.717. The van der Waals surface area contributed by atoms with Crippen LogP contribution in [0.3, 0.4) is 0 Å². The average molecular weight is 401 g/mol. The third-order valence-electron chi connectivity index (χ3n) is 6.14. The van der Waals surface area contributed by atoms with Crippen molar-refractivity contribution < 1.29 is 14.3 Å². The number of amides is 2. The summed E-state index contributed by atoms with van der Waals surface area (Å²) in [5.41, 5.74) is 2.70. The third kappa shape index (κ3) is 3.04. The van der Waals surface area contributed by atoms with Gasteiger partial charge in [0.25, 0.3) is 5.91 Å². The van der Waals surface area contributed by atoms with Gasteiger partial charge in [-0.05, 0) is 31.0 Å². The van der Waals surface area contributed by atoms with Gasteiger partial charge in [0.1, 0.15) is 12.7 Å². The van der Waals surface area contributed by atoms with Crippen LogP contribution in [0, 0.1) is 6.92 Å². The highest BCUT2D eigenvalue weighted by atomic mass is 16.5. The number of fused-ring (bicyclic) bond motifs is 2. The Labute approximate surface area is 174 Å². The molecular formula is C24H23N3O3. The Kier molecular flexibility index (Phi) is 4.51. The van der Waals surface area contributed by atoms with E-state index in [1.165, 1.54) is 0 Å². The number of carbonyl (C=O) groups is 2. The fourth-order valence-corrected chi connectivity index (χ4v) is 4.70. The minimum atomic E-state index is -0.608. The second-order valence-electron chi connectivity index (χ2n) is 8.01. The molecule has 1 aromatic heterocycles. The minimum Gasteiger partial charge on any atom is -0.364 e. The van der Waals surface area contributed by atoms with Crippen LogP contribution in [0.5, 0.6) is 0 Å². The molecule has 6 nitrogen and oxygen atoms in total. The van der Waals surface area contributed by atoms with E-state index in [0.717, 1.165) is 22.2 Å². The van der Waals surface area contributed by atoms with Crippen LogP contribution in [0.25, 0.3) is 10.9 Å². The van der Waals surface area contributed by atoms with Gasteiger partial charge in [-0.1, -0.05) is 48.5 Å². The van der Waals surface area contributed by atoms with Crippen molar-refractivity contribution in [2.45, 2.75) is 25.0 Å². The molecule has 5 rings (SSSR count). The van der Waals surface area contributed by atoms with Gasteiger partial charge in [-0.25, -0.2) is 0 Å². The lowest BCUT2D eigenvalue weighted by molar-refractivity contribution is -0.150. The number of carbonyl (C=O) groups excluding carboxylic acids is 2. The van der Waals surface area contributed by atoms with Gasteiger partial charge < -0.3 is 15.0 Å². The molecule has 2 atom stereocenters. The topological polar surface area (TPSA) is 71.5 Å². The molecule has 2 aliphatic heterocycles. The normalized spacial score (nSPS) is 23.7. The van der Waals surface area contributed by atoms with Crippen LogP contribution in [0.1, 0.15) is 28.0 Å². The van der Waals surface area contributed by atoms with Gasteiger partial charge in [-0.15, -0.1) is 0 Å². The average Bonchev–Trinajstić information content (AvgIpc) is 2.78. The Balaban J connectivity index is 1.48. The van der Waals surface area contributed by atoms with Crippen LogP contribution in [0.15, 0.2) is 60.7 Å². The summed E-state index contributed by atoms with van der Waals surface area (Å²) in [4.78, 5) is 32.1. The number of rotatable bonds is 2. The largest absolute Gasteiger partial charge is 0.364 e. The number of benzene rings is 2. The van der Waals surface area contributed by atoms with Crippen molar-refractivity contribution in [1.82, 2.24) is 15.2 Å². The molecule has 30 heavy (non-hydrogen) atoms. The lowest BCUT2D eigenvalue weighted by Gasteiger charge is -2.50. The molecule has 2 saturated heterocycles. The second-order valence-corrected chi connectivity index (χ2v) is 8.01. The Hall–Kier alpha value is -3.25. The smallest absolute Gasteiger partial charge is 0.254 e. The molecule has 6 heteroatoms. The van der Waals surface area contributed by atoms with E-state index in [2.05, 4.69) is 10.3 Å². The van der Waals surface area contributed by atoms with Crippen LogP contribution in [0.2, 0.25) is 0 Å². The highest BCUT2D eigenvalue weighted by molar-refractivity contribution is 6.06. The van der Waals surface area contributed by atoms with Gasteiger partial charge in [-0.3, -0.25) is 14.6 Å². The van der Waals surface area contributed by atoms with Crippen molar-refractivity contribution in [3.05, 3.63) is 77.5 Å². The van der Waals surface area contributed by atoms with E-state index in [-0.39, 0.29) is 24.5 Å². The van der Waals surface area contributed by atoms with Gasteiger partial charge in [0.2, 0.25) is 5.91 Å². The highest BCUT2D eigenvalue weighted by Gasteiger charge is 2.49. The molecule has 0 bridgehead atoms. The van der Waals surface area contributed by atoms with E-state index in [1.807, 2.05) is 72.5 Å². The number of likely N-dealkylation sites (tertiary alicyclic amines) is 1. The Morgan fingerprint density at radius 3 is 2.77 bits per heavy atom. The van der Waals surface area contributed by atoms with Crippen LogP contribution in [-0.4, -0.2) is 47.5 Å². The zero-order valence-electron chi connectivity index (χ0n) is 16.8. The predicted molar refractivity (Wildman–Crippen MR) is 113 cm³/mol. The van der Waals surface area contributed by atoms with E-state index in [4.69, 9.17) is 4.74 Å². The molecule has 0 unspecified atom stereocenters. The number of ether oxygens (including phenoxy) is 1. The summed E-state index contributed by atoms with van der Waals surface area (Å²) in [7, 11) is 0. The zero-order chi connectivity index (χ0) is 20.7. The minimum absolute atomic E-state index is 0.0125. The first-order valence-corrected chi connectivity index (χ1v) is 10.2. The molecule has 0 spiro atoms. The van der Waals surface area contributed by atoms with Crippen LogP contribution in [-0.2, 0) is 15.1 Å². The van der Waals surface area contributed by atoms with Crippen LogP contribution < -0.4 is 5.32 Å². The molecule has 2 fully saturated rings. The van der Waals surface area contributed by atoms with Crippen molar-refractivity contribution >= 4 is 22.7 Å². The number of hydrogen-bond donors (Lipinski definition) is 1. The third-order valence-corrected chi connectivity index (χ3v) is 6.14. The Morgan fingerprint density at radius 1 is 1.17 bits per heavy atom. The van der Waals surface area contributed by atoms with Crippen molar-refractivity contribution in [3.8, 4) is 0 Å². The lowest BCUT2D eigenvalue weighted by Crippen LogP contribution is -2.67. The number of aromatic nitrogens is 1. The molecular weight excluding hydrogens is 378 g/mol. The van der Waals surface area contributed by atoms with Gasteiger partial charge in [0.15, 0.2) is 0 Å². The molecule has 0 radical (unpaired) electrons. The molecule has 1 N–H and O–H groups in total. The molecule has 2 aliphatic rings. The number of piperidine rings is 1. The van der Waals surface area contributed by atoms with E-state index in [9.17, 15) is 9.59 Å². The maximum absolute atomic E-state index is 13.5. The number of aryl methyl sites for hydroxylation is 1. The Morgan fingerprint density at radius 2 is 1.93 bits per heavy atom. The number of nitrogens with zero attached hydrogens (tertiary/aromatic N) is 2. The standard InChI is InChI=1S/C24H23N3O3/c1-16-13-19(18-9-5-6-10-20(18)25-16)23(29)27-12-11-24(17-7-3-2-4-8-17)21(14-27)30-15-22(28)26-24/h2-10,13,21H,11-12,14-15H2,1H3,(H,26,28)/t21-,24+/m1/s1. The summed E-state index contributed by atoms with van der Waals surface area (Å²) in [6.07, 6.45) is 0.297. The number of pyridine rings is 1. The van der Waals surface area contributed by atoms with Gasteiger partial charge in [0.05, 0.1) is 16.6 Å². The number of nitrogens with one attached hydrogen (secondary N) is 1. The highest BCUT2D eigenvalue weighted by Crippen LogP contribution is 2.37. The molecule has 0 saturated carbocycles. The van der Waals surface area contributed by atoms with Crippen LogP contribution >= 0.6 is 0 Å². The molecule has 3 heterocycles. The van der Waals surface area contributed by atoms with Gasteiger partial charge in [0, 0.05) is 24.2 Å². The summed E-state index contributed by atoms with van der Waals surface area (Å²) >= 11 is 0. The summed E-state index contributed by atoms with van der Waals surface area (Å²) in [5, 5.41) is 4.03. The molecule has 3 aromatic rings. The van der Waals surface area contributed by atoms with E-state index in [1.54, 1.807) is 0 Å². The SMILES string of the molecule is Cc1cc(C(=O)N2CC[C@@]3(c4ccccc4)NC(=O)CO[C@@H]3C2)c2ccccc2n1. The maximum Gasteiger partial charge on any atom is 0.254 e. The number of morpholine rings is 1. The zero-order valence-corrected chi connectivity index (χ0v) is 16.8. The fraction of sp³-hybridized carbons (Fsp3) is 0.292. The molecule has 152 valence electrons. The first kappa shape index (κ1) is 18.8. The Bertz CT molecular complexity index is 1130. The molecule has 2 amide bonds. The molecule has 2 aromatic carbocycles. The second kappa shape index (κ2) is 7.22. The first-order chi connectivity index (χ1) is 14.6. The lowest BCUT2D eigenvalue weighted by atomic mass is 9.77. The summed E-state index contributed by atoms with van der Waals surface area (Å²) in [5.74, 6) is -0.149. The van der Waals surface area contributed by atoms with Crippen molar-refractivity contribution in [1.29, 1.82) is 0 Å². The first-order valence-electron chi connectivity index (χ1n) is 10.2. The number of hydrogen-bond acceptors (Lipinski definition) is 4. The van der Waals surface area contributed by atoms with Gasteiger partial charge in [-0.2, -0.15) is 0 Å². The molecule has 0 aliphatic carbocycles. The van der Waals surface area contributed by atoms with E-state index < -0.39 is 5.54 Å². The van der Waals surface area contributed by atoms with Crippen molar-refractivity contribution in [2.75, 3.05) is 19.7 Å². The van der Waals surface area contributed by atoms with Crippen LogP contribution in [0.4, 0.5) is 0 Å². The summed E-state index contributed by atoms with van der Waals surface area (Å²) < 4.78 is 5.96. The monoisotopic (exact) mass is 401 g/mol. The summed E-state index contributed by atoms with van der Waals surface area (Å²) in [6.45, 7) is 2.87. The van der Waals surface area contributed by atoms with Gasteiger partial charge >= 0.3 is 0 Å².